The van der Waals surface area contributed by atoms with Crippen molar-refractivity contribution in [2.75, 3.05) is 18.1 Å². The second-order valence-corrected chi connectivity index (χ2v) is 5.79. The maximum Gasteiger partial charge on any atom is 0.326 e. The average molecular weight is 357 g/mol. The minimum atomic E-state index is -0.550. The van der Waals surface area contributed by atoms with Gasteiger partial charge in [0.1, 0.15) is 18.9 Å². The largest absolute Gasteiger partial charge is 0.482 e. The summed E-state index contributed by atoms with van der Waals surface area (Å²) >= 11 is 5.96. The molecule has 0 atom stereocenters. The summed E-state index contributed by atoms with van der Waals surface area (Å²) < 4.78 is 10.5. The number of hydrogen-bond donors (Lipinski definition) is 0. The van der Waals surface area contributed by atoms with E-state index in [1.807, 2.05) is 6.07 Å². The first-order valence-electron chi connectivity index (χ1n) is 7.44. The molecule has 2 aromatic carbocycles. The van der Waals surface area contributed by atoms with Gasteiger partial charge in [0, 0.05) is 5.02 Å². The molecule has 1 aliphatic rings. The maximum atomic E-state index is 12.1. The lowest BCUT2D eigenvalue weighted by Crippen LogP contribution is -2.42. The summed E-state index contributed by atoms with van der Waals surface area (Å²) in [5, 5.41) is 9.20. The molecular formula is C18H13ClN2O4. The Hall–Kier alpha value is -3.04. The topological polar surface area (TPSA) is 79.6 Å². The summed E-state index contributed by atoms with van der Waals surface area (Å²) in [6.45, 7) is -0.311. The zero-order chi connectivity index (χ0) is 17.8. The Balaban J connectivity index is 1.65. The van der Waals surface area contributed by atoms with Gasteiger partial charge in [-0.25, -0.2) is 0 Å². The van der Waals surface area contributed by atoms with Crippen LogP contribution in [-0.2, 0) is 20.9 Å². The number of esters is 1. The van der Waals surface area contributed by atoms with Crippen LogP contribution in [0.4, 0.5) is 5.69 Å². The van der Waals surface area contributed by atoms with Crippen LogP contribution < -0.4 is 9.64 Å². The molecule has 1 amide bonds. The third-order valence-corrected chi connectivity index (χ3v) is 3.87. The number of hydrogen-bond acceptors (Lipinski definition) is 5. The van der Waals surface area contributed by atoms with Crippen LogP contribution in [0, 0.1) is 11.3 Å². The van der Waals surface area contributed by atoms with Crippen molar-refractivity contribution in [2.45, 2.75) is 6.61 Å². The zero-order valence-corrected chi connectivity index (χ0v) is 13.8. The molecule has 0 unspecified atom stereocenters. The fourth-order valence-electron chi connectivity index (χ4n) is 2.36. The van der Waals surface area contributed by atoms with E-state index in [1.54, 1.807) is 42.5 Å². The van der Waals surface area contributed by atoms with Crippen LogP contribution in [0.25, 0.3) is 0 Å². The molecule has 1 heterocycles. The molecule has 0 fully saturated rings. The van der Waals surface area contributed by atoms with E-state index >= 15 is 0 Å². The lowest BCUT2D eigenvalue weighted by atomic mass is 10.2. The van der Waals surface area contributed by atoms with Crippen molar-refractivity contribution in [3.05, 3.63) is 58.6 Å². The highest BCUT2D eigenvalue weighted by Crippen LogP contribution is 2.34. The Morgan fingerprint density at radius 2 is 2.04 bits per heavy atom. The average Bonchev–Trinajstić information content (AvgIpc) is 2.63. The van der Waals surface area contributed by atoms with E-state index in [1.165, 1.54) is 4.90 Å². The molecule has 25 heavy (non-hydrogen) atoms. The lowest BCUT2D eigenvalue weighted by Gasteiger charge is -2.28. The normalized spacial score (nSPS) is 12.8. The smallest absolute Gasteiger partial charge is 0.326 e. The van der Waals surface area contributed by atoms with Gasteiger partial charge in [-0.1, -0.05) is 23.7 Å². The summed E-state index contributed by atoms with van der Waals surface area (Å²) in [4.78, 5) is 25.5. The molecule has 0 radical (unpaired) electrons. The van der Waals surface area contributed by atoms with Crippen LogP contribution in [0.1, 0.15) is 11.1 Å². The van der Waals surface area contributed by atoms with Crippen LogP contribution in [0.15, 0.2) is 42.5 Å². The Labute approximate surface area is 149 Å². The minimum Gasteiger partial charge on any atom is -0.482 e. The number of rotatable bonds is 4. The molecule has 126 valence electrons. The Kier molecular flexibility index (Phi) is 4.87. The molecule has 3 rings (SSSR count). The number of amides is 1. The SMILES string of the molecule is N#Cc1ccc(COC(=O)CN2C(=O)COc3ccc(Cl)cc32)cc1. The number of ether oxygens (including phenoxy) is 2. The molecule has 0 aromatic heterocycles. The van der Waals surface area contributed by atoms with Crippen molar-refractivity contribution >= 4 is 29.2 Å². The van der Waals surface area contributed by atoms with Crippen molar-refractivity contribution in [3.8, 4) is 11.8 Å². The Morgan fingerprint density at radius 1 is 1.28 bits per heavy atom. The first-order valence-corrected chi connectivity index (χ1v) is 7.82. The lowest BCUT2D eigenvalue weighted by molar-refractivity contribution is -0.144. The number of halogens is 1. The molecule has 0 bridgehead atoms. The monoisotopic (exact) mass is 356 g/mol. The van der Waals surface area contributed by atoms with E-state index in [-0.39, 0.29) is 25.7 Å². The molecule has 0 spiro atoms. The first kappa shape index (κ1) is 16.8. The summed E-state index contributed by atoms with van der Waals surface area (Å²) in [7, 11) is 0. The fraction of sp³-hybridized carbons (Fsp3) is 0.167. The number of nitriles is 1. The predicted octanol–water partition coefficient (Wildman–Crippen LogP) is 2.68. The van der Waals surface area contributed by atoms with Gasteiger partial charge in [-0.2, -0.15) is 5.26 Å². The molecule has 0 aliphatic carbocycles. The summed E-state index contributed by atoms with van der Waals surface area (Å²) in [5.74, 6) is -0.403. The van der Waals surface area contributed by atoms with Gasteiger partial charge in [-0.05, 0) is 35.9 Å². The zero-order valence-electron chi connectivity index (χ0n) is 13.1. The quantitative estimate of drug-likeness (QED) is 0.787. The molecule has 0 saturated carbocycles. The van der Waals surface area contributed by atoms with Gasteiger partial charge < -0.3 is 9.47 Å². The van der Waals surface area contributed by atoms with Gasteiger partial charge in [0.25, 0.3) is 5.91 Å². The van der Waals surface area contributed by atoms with Gasteiger partial charge in [-0.3, -0.25) is 14.5 Å². The Bertz CT molecular complexity index is 858. The van der Waals surface area contributed by atoms with Gasteiger partial charge in [0.05, 0.1) is 17.3 Å². The van der Waals surface area contributed by atoms with Gasteiger partial charge in [0.15, 0.2) is 6.61 Å². The highest BCUT2D eigenvalue weighted by atomic mass is 35.5. The summed E-state index contributed by atoms with van der Waals surface area (Å²) in [6, 6.07) is 13.6. The van der Waals surface area contributed by atoms with E-state index in [0.29, 0.717) is 22.0 Å². The number of carbonyl (C=O) groups is 2. The van der Waals surface area contributed by atoms with E-state index in [9.17, 15) is 9.59 Å². The van der Waals surface area contributed by atoms with E-state index in [2.05, 4.69) is 0 Å². The van der Waals surface area contributed by atoms with Crippen molar-refractivity contribution in [2.24, 2.45) is 0 Å². The highest BCUT2D eigenvalue weighted by Gasteiger charge is 2.28. The third-order valence-electron chi connectivity index (χ3n) is 3.63. The number of fused-ring (bicyclic) bond motifs is 1. The van der Waals surface area contributed by atoms with Crippen LogP contribution >= 0.6 is 11.6 Å². The van der Waals surface area contributed by atoms with Gasteiger partial charge in [0.2, 0.25) is 0 Å². The second-order valence-electron chi connectivity index (χ2n) is 5.35. The first-order chi connectivity index (χ1) is 12.1. The standard InChI is InChI=1S/C18H13ClN2O4/c19-14-5-6-16-15(7-14)21(17(22)11-24-16)9-18(23)25-10-13-3-1-12(8-20)2-4-13/h1-7H,9-11H2. The number of carbonyl (C=O) groups excluding carboxylic acids is 2. The predicted molar refractivity (Wildman–Crippen MR) is 90.3 cm³/mol. The summed E-state index contributed by atoms with van der Waals surface area (Å²) in [5.41, 5.74) is 1.73. The number of anilines is 1. The van der Waals surface area contributed by atoms with Crippen molar-refractivity contribution < 1.29 is 19.1 Å². The highest BCUT2D eigenvalue weighted by molar-refractivity contribution is 6.31. The molecule has 7 heteroatoms. The fourth-order valence-corrected chi connectivity index (χ4v) is 2.53. The minimum absolute atomic E-state index is 0.0610. The van der Waals surface area contributed by atoms with Crippen molar-refractivity contribution in [3.63, 3.8) is 0 Å². The van der Waals surface area contributed by atoms with Crippen molar-refractivity contribution in [1.82, 2.24) is 0 Å². The van der Waals surface area contributed by atoms with Gasteiger partial charge >= 0.3 is 5.97 Å². The van der Waals surface area contributed by atoms with E-state index < -0.39 is 5.97 Å². The number of nitrogens with zero attached hydrogens (tertiary/aromatic N) is 2. The molecule has 2 aromatic rings. The van der Waals surface area contributed by atoms with Crippen LogP contribution in [0.3, 0.4) is 0 Å². The van der Waals surface area contributed by atoms with Crippen LogP contribution in [0.5, 0.6) is 5.75 Å². The van der Waals surface area contributed by atoms with Crippen LogP contribution in [-0.4, -0.2) is 25.0 Å². The molecule has 6 nitrogen and oxygen atoms in total. The molecule has 1 aliphatic heterocycles. The van der Waals surface area contributed by atoms with E-state index in [4.69, 9.17) is 26.3 Å². The summed E-state index contributed by atoms with van der Waals surface area (Å²) in [6.07, 6.45) is 0. The number of benzene rings is 2. The van der Waals surface area contributed by atoms with E-state index in [0.717, 1.165) is 5.56 Å². The van der Waals surface area contributed by atoms with Gasteiger partial charge in [-0.15, -0.1) is 0 Å². The molecule has 0 N–H and O–H groups in total. The molecular weight excluding hydrogens is 344 g/mol. The van der Waals surface area contributed by atoms with Crippen LogP contribution in [0.2, 0.25) is 5.02 Å². The maximum absolute atomic E-state index is 12.1. The third kappa shape index (κ3) is 3.90. The molecule has 0 saturated heterocycles. The second kappa shape index (κ2) is 7.24. The van der Waals surface area contributed by atoms with Crippen molar-refractivity contribution in [1.29, 1.82) is 5.26 Å². The Morgan fingerprint density at radius 3 is 2.76 bits per heavy atom.